The van der Waals surface area contributed by atoms with Crippen molar-refractivity contribution in [2.45, 2.75) is 26.2 Å². The molecule has 25 heavy (non-hydrogen) atoms. The van der Waals surface area contributed by atoms with Crippen LogP contribution < -0.4 is 5.73 Å². The van der Waals surface area contributed by atoms with Crippen molar-refractivity contribution in [3.63, 3.8) is 0 Å². The fourth-order valence-corrected chi connectivity index (χ4v) is 3.46. The van der Waals surface area contributed by atoms with Gasteiger partial charge in [-0.15, -0.1) is 0 Å². The number of rotatable bonds is 6. The molecule has 2 aliphatic heterocycles. The summed E-state index contributed by atoms with van der Waals surface area (Å²) < 4.78 is 0. The van der Waals surface area contributed by atoms with Gasteiger partial charge in [0.1, 0.15) is 11.7 Å². The molecule has 3 rings (SSSR count). The molecule has 1 aromatic rings. The number of likely N-dealkylation sites (tertiary alicyclic amines) is 1. The third kappa shape index (κ3) is 5.27. The van der Waals surface area contributed by atoms with E-state index in [-0.39, 0.29) is 0 Å². The lowest BCUT2D eigenvalue weighted by molar-refractivity contribution is 0.162. The second kappa shape index (κ2) is 8.44. The van der Waals surface area contributed by atoms with E-state index in [0.717, 1.165) is 38.4 Å². The topological polar surface area (TPSA) is 101 Å². The maximum atomic E-state index is 8.30. The van der Waals surface area contributed by atoms with E-state index in [2.05, 4.69) is 29.9 Å². The van der Waals surface area contributed by atoms with Crippen LogP contribution in [0.2, 0.25) is 0 Å². The van der Waals surface area contributed by atoms with Crippen LogP contribution in [0.25, 0.3) is 0 Å². The third-order valence-electron chi connectivity index (χ3n) is 4.98. The van der Waals surface area contributed by atoms with Gasteiger partial charge >= 0.3 is 0 Å². The maximum Gasteiger partial charge on any atom is 0.175 e. The van der Waals surface area contributed by atoms with Crippen LogP contribution >= 0.6 is 0 Å². The van der Waals surface area contributed by atoms with Crippen molar-refractivity contribution in [1.29, 1.82) is 5.41 Å². The average Bonchev–Trinajstić information content (AvgIpc) is 3.25. The quantitative estimate of drug-likeness (QED) is 0.522. The number of aryl methyl sites for hydroxylation is 1. The van der Waals surface area contributed by atoms with E-state index in [1.807, 2.05) is 13.0 Å². The van der Waals surface area contributed by atoms with Crippen molar-refractivity contribution in [3.05, 3.63) is 11.8 Å². The number of aliphatic imine (C=N–C) groups is 1. The zero-order valence-corrected chi connectivity index (χ0v) is 15.2. The van der Waals surface area contributed by atoms with Crippen molar-refractivity contribution in [2.75, 3.05) is 52.4 Å². The maximum absolute atomic E-state index is 8.30. The molecule has 0 atom stereocenters. The number of piperazine rings is 1. The molecule has 0 saturated carbocycles. The minimum atomic E-state index is 0.375. The summed E-state index contributed by atoms with van der Waals surface area (Å²) in [6.45, 7) is 10.6. The first kappa shape index (κ1) is 17.9. The van der Waals surface area contributed by atoms with E-state index in [0.29, 0.717) is 23.9 Å². The van der Waals surface area contributed by atoms with E-state index in [1.54, 1.807) is 0 Å². The van der Waals surface area contributed by atoms with Crippen LogP contribution in [0.1, 0.15) is 25.0 Å². The van der Waals surface area contributed by atoms with E-state index in [9.17, 15) is 0 Å². The number of hydrogen-bond donors (Lipinski definition) is 3. The summed E-state index contributed by atoms with van der Waals surface area (Å²) in [4.78, 5) is 11.5. The molecule has 3 heterocycles. The predicted molar refractivity (Wildman–Crippen MR) is 101 cm³/mol. The molecule has 4 N–H and O–H groups in total. The Kier molecular flexibility index (Phi) is 6.04. The minimum Gasteiger partial charge on any atom is -0.387 e. The number of amidine groups is 2. The zero-order valence-electron chi connectivity index (χ0n) is 15.2. The Balaban J connectivity index is 1.39. The Labute approximate surface area is 149 Å². The van der Waals surface area contributed by atoms with Crippen LogP contribution in [0.3, 0.4) is 0 Å². The molecule has 0 radical (unpaired) electrons. The average molecular weight is 346 g/mol. The lowest BCUT2D eigenvalue weighted by Crippen LogP contribution is -2.50. The van der Waals surface area contributed by atoms with Crippen LogP contribution in [0.15, 0.2) is 11.1 Å². The Morgan fingerprint density at radius 2 is 1.80 bits per heavy atom. The molecule has 8 heteroatoms. The summed E-state index contributed by atoms with van der Waals surface area (Å²) in [5.74, 6) is 1.56. The fourth-order valence-electron chi connectivity index (χ4n) is 3.46. The van der Waals surface area contributed by atoms with E-state index in [1.165, 1.54) is 32.5 Å². The number of aromatic amines is 1. The highest BCUT2D eigenvalue weighted by atomic mass is 15.3. The molecular formula is C17H30N8. The van der Waals surface area contributed by atoms with Crippen LogP contribution in [0.4, 0.5) is 5.82 Å². The van der Waals surface area contributed by atoms with E-state index < -0.39 is 0 Å². The largest absolute Gasteiger partial charge is 0.387 e. The molecule has 0 unspecified atom stereocenters. The molecule has 8 nitrogen and oxygen atoms in total. The SMILES string of the molecule is Cc1cc(N=C(N)CC(=N)N2CCN(CCN3CCCC3)CC2)n[nH]1. The van der Waals surface area contributed by atoms with Crippen molar-refractivity contribution in [2.24, 2.45) is 10.7 Å². The molecule has 0 spiro atoms. The Morgan fingerprint density at radius 1 is 1.16 bits per heavy atom. The van der Waals surface area contributed by atoms with Gasteiger partial charge in [0.25, 0.3) is 0 Å². The van der Waals surface area contributed by atoms with Crippen molar-refractivity contribution >= 4 is 17.5 Å². The van der Waals surface area contributed by atoms with Crippen LogP contribution in [0.5, 0.6) is 0 Å². The molecule has 2 aliphatic rings. The van der Waals surface area contributed by atoms with Gasteiger partial charge in [-0.2, -0.15) is 5.10 Å². The first-order valence-corrected chi connectivity index (χ1v) is 9.22. The molecule has 0 bridgehead atoms. The Bertz CT molecular complexity index is 594. The van der Waals surface area contributed by atoms with Gasteiger partial charge < -0.3 is 15.5 Å². The molecular weight excluding hydrogens is 316 g/mol. The van der Waals surface area contributed by atoms with Gasteiger partial charge in [-0.05, 0) is 32.9 Å². The highest BCUT2D eigenvalue weighted by Gasteiger charge is 2.20. The summed E-state index contributed by atoms with van der Waals surface area (Å²) in [5, 5.41) is 15.2. The molecule has 0 aliphatic carbocycles. The van der Waals surface area contributed by atoms with Crippen molar-refractivity contribution < 1.29 is 0 Å². The molecule has 138 valence electrons. The highest BCUT2D eigenvalue weighted by molar-refractivity contribution is 6.01. The molecule has 0 aromatic carbocycles. The van der Waals surface area contributed by atoms with Crippen molar-refractivity contribution in [3.8, 4) is 0 Å². The van der Waals surface area contributed by atoms with E-state index >= 15 is 0 Å². The van der Waals surface area contributed by atoms with Gasteiger partial charge in [-0.25, -0.2) is 4.99 Å². The van der Waals surface area contributed by atoms with Crippen LogP contribution in [0, 0.1) is 12.3 Å². The molecule has 1 aromatic heterocycles. The highest BCUT2D eigenvalue weighted by Crippen LogP contribution is 2.11. The second-order valence-electron chi connectivity index (χ2n) is 7.01. The molecule has 0 amide bonds. The number of H-pyrrole nitrogens is 1. The minimum absolute atomic E-state index is 0.375. The monoisotopic (exact) mass is 346 g/mol. The molecule has 2 fully saturated rings. The Morgan fingerprint density at radius 3 is 2.40 bits per heavy atom. The van der Waals surface area contributed by atoms with Gasteiger partial charge in [0.05, 0.1) is 6.42 Å². The smallest absolute Gasteiger partial charge is 0.175 e. The zero-order chi connectivity index (χ0) is 17.6. The lowest BCUT2D eigenvalue weighted by atomic mass is 10.2. The standard InChI is InChI=1S/C17H30N8/c1-14-12-17(22-21-14)20-15(18)13-16(19)25-10-8-24(9-11-25)7-6-23-4-2-3-5-23/h12,19H,2-11,13H2,1H3,(H3,18,20,21,22). The Hall–Kier alpha value is -1.93. The lowest BCUT2D eigenvalue weighted by Gasteiger charge is -2.36. The third-order valence-corrected chi connectivity index (χ3v) is 4.98. The summed E-state index contributed by atoms with van der Waals surface area (Å²) in [7, 11) is 0. The predicted octanol–water partition coefficient (Wildman–Crippen LogP) is 0.788. The summed E-state index contributed by atoms with van der Waals surface area (Å²) >= 11 is 0. The van der Waals surface area contributed by atoms with Crippen LogP contribution in [-0.2, 0) is 0 Å². The summed E-state index contributed by atoms with van der Waals surface area (Å²) in [5.41, 5.74) is 6.93. The number of nitrogens with two attached hydrogens (primary N) is 1. The van der Waals surface area contributed by atoms with Gasteiger partial charge in [0.2, 0.25) is 0 Å². The number of aromatic nitrogens is 2. The van der Waals surface area contributed by atoms with E-state index in [4.69, 9.17) is 11.1 Å². The van der Waals surface area contributed by atoms with Gasteiger partial charge in [0, 0.05) is 51.0 Å². The van der Waals surface area contributed by atoms with Crippen LogP contribution in [-0.4, -0.2) is 88.9 Å². The van der Waals surface area contributed by atoms with Gasteiger partial charge in [-0.3, -0.25) is 15.4 Å². The molecule has 2 saturated heterocycles. The number of nitrogens with zero attached hydrogens (tertiary/aromatic N) is 5. The fraction of sp³-hybridized carbons (Fsp3) is 0.706. The first-order chi connectivity index (χ1) is 12.1. The van der Waals surface area contributed by atoms with Gasteiger partial charge in [-0.1, -0.05) is 0 Å². The number of nitrogens with one attached hydrogen (secondary N) is 2. The normalized spacial score (nSPS) is 20.4. The van der Waals surface area contributed by atoms with Crippen molar-refractivity contribution in [1.82, 2.24) is 24.9 Å². The summed E-state index contributed by atoms with van der Waals surface area (Å²) in [6, 6.07) is 1.84. The van der Waals surface area contributed by atoms with Gasteiger partial charge in [0.15, 0.2) is 5.82 Å². The second-order valence-corrected chi connectivity index (χ2v) is 7.01. The number of hydrogen-bond acceptors (Lipinski definition) is 5. The first-order valence-electron chi connectivity index (χ1n) is 9.22. The summed E-state index contributed by atoms with van der Waals surface area (Å²) in [6.07, 6.45) is 3.08.